The van der Waals surface area contributed by atoms with Crippen molar-refractivity contribution in [3.63, 3.8) is 0 Å². The van der Waals surface area contributed by atoms with E-state index in [1.807, 2.05) is 38.1 Å². The van der Waals surface area contributed by atoms with Gasteiger partial charge in [-0.05, 0) is 25.5 Å². The van der Waals surface area contributed by atoms with E-state index < -0.39 is 0 Å². The Kier molecular flexibility index (Phi) is 3.57. The summed E-state index contributed by atoms with van der Waals surface area (Å²) in [5, 5.41) is 15.2. The van der Waals surface area contributed by atoms with Crippen molar-refractivity contribution >= 4 is 11.6 Å². The molecule has 6 heteroatoms. The molecule has 0 aliphatic rings. The van der Waals surface area contributed by atoms with Gasteiger partial charge in [-0.2, -0.15) is 5.26 Å². The van der Waals surface area contributed by atoms with E-state index in [0.29, 0.717) is 0 Å². The molecule has 0 saturated heterocycles. The molecule has 2 aromatic rings. The summed E-state index contributed by atoms with van der Waals surface area (Å²) in [5.41, 5.74) is 2.92. The third kappa shape index (κ3) is 3.16. The summed E-state index contributed by atoms with van der Waals surface area (Å²) >= 11 is 0. The highest BCUT2D eigenvalue weighted by molar-refractivity contribution is 5.91. The molecule has 0 saturated carbocycles. The van der Waals surface area contributed by atoms with Crippen LogP contribution in [0, 0.1) is 25.2 Å². The van der Waals surface area contributed by atoms with Crippen molar-refractivity contribution in [2.45, 2.75) is 20.4 Å². The van der Waals surface area contributed by atoms with Crippen LogP contribution in [0.25, 0.3) is 0 Å². The lowest BCUT2D eigenvalue weighted by atomic mass is 10.1. The smallest absolute Gasteiger partial charge is 0.252 e. The molecule has 6 nitrogen and oxygen atoms in total. The van der Waals surface area contributed by atoms with Crippen molar-refractivity contribution in [2.75, 3.05) is 5.32 Å². The van der Waals surface area contributed by atoms with E-state index in [4.69, 9.17) is 5.26 Å². The quantitative estimate of drug-likeness (QED) is 0.898. The number of aromatic nitrogens is 3. The lowest BCUT2D eigenvalue weighted by Crippen LogP contribution is -2.19. The molecule has 0 atom stereocenters. The Bertz CT molecular complexity index is 653. The zero-order valence-corrected chi connectivity index (χ0v) is 10.7. The van der Waals surface area contributed by atoms with Gasteiger partial charge in [0.05, 0.1) is 0 Å². The van der Waals surface area contributed by atoms with Crippen molar-refractivity contribution in [1.29, 1.82) is 5.26 Å². The lowest BCUT2D eigenvalue weighted by Gasteiger charge is -2.08. The highest BCUT2D eigenvalue weighted by atomic mass is 16.2. The van der Waals surface area contributed by atoms with E-state index in [-0.39, 0.29) is 18.3 Å². The maximum Gasteiger partial charge on any atom is 0.252 e. The summed E-state index contributed by atoms with van der Waals surface area (Å²) in [6.45, 7) is 3.96. The molecule has 1 heterocycles. The lowest BCUT2D eigenvalue weighted by molar-refractivity contribution is -0.116. The zero-order chi connectivity index (χ0) is 13.8. The van der Waals surface area contributed by atoms with Crippen LogP contribution in [0.1, 0.15) is 17.0 Å². The summed E-state index contributed by atoms with van der Waals surface area (Å²) in [6, 6.07) is 7.61. The predicted molar refractivity (Wildman–Crippen MR) is 69.3 cm³/mol. The number of amides is 1. The van der Waals surface area contributed by atoms with E-state index in [0.717, 1.165) is 16.8 Å². The van der Waals surface area contributed by atoms with Crippen LogP contribution in [0.2, 0.25) is 0 Å². The third-order valence-corrected chi connectivity index (χ3v) is 2.60. The molecule has 96 valence electrons. The number of hydrogen-bond donors (Lipinski definition) is 1. The minimum absolute atomic E-state index is 0.0298. The summed E-state index contributed by atoms with van der Waals surface area (Å²) in [6.07, 6.45) is 1.36. The van der Waals surface area contributed by atoms with Gasteiger partial charge in [0, 0.05) is 5.69 Å². The maximum absolute atomic E-state index is 11.8. The van der Waals surface area contributed by atoms with Gasteiger partial charge >= 0.3 is 0 Å². The number of nitrogens with one attached hydrogen (secondary N) is 1. The number of benzene rings is 1. The molecule has 1 N–H and O–H groups in total. The second kappa shape index (κ2) is 5.31. The van der Waals surface area contributed by atoms with E-state index >= 15 is 0 Å². The topological polar surface area (TPSA) is 83.6 Å². The Morgan fingerprint density at radius 3 is 2.89 bits per heavy atom. The van der Waals surface area contributed by atoms with E-state index in [9.17, 15) is 4.79 Å². The van der Waals surface area contributed by atoms with Crippen LogP contribution in [0.3, 0.4) is 0 Å². The maximum atomic E-state index is 11.8. The second-order valence-electron chi connectivity index (χ2n) is 4.24. The molecule has 0 spiro atoms. The normalized spacial score (nSPS) is 9.95. The zero-order valence-electron chi connectivity index (χ0n) is 10.7. The SMILES string of the molecule is Cc1ccc(NC(=O)Cn2cnc(C#N)n2)c(C)c1. The second-order valence-corrected chi connectivity index (χ2v) is 4.24. The Hall–Kier alpha value is -2.68. The van der Waals surface area contributed by atoms with E-state index in [1.54, 1.807) is 0 Å². The molecule has 0 fully saturated rings. The van der Waals surface area contributed by atoms with Crippen LogP contribution < -0.4 is 5.32 Å². The van der Waals surface area contributed by atoms with Gasteiger partial charge in [0.1, 0.15) is 18.9 Å². The molecular weight excluding hydrogens is 242 g/mol. The van der Waals surface area contributed by atoms with Gasteiger partial charge in [0.15, 0.2) is 0 Å². The number of nitrogens with zero attached hydrogens (tertiary/aromatic N) is 4. The van der Waals surface area contributed by atoms with Gasteiger partial charge in [-0.25, -0.2) is 9.67 Å². The van der Waals surface area contributed by atoms with Gasteiger partial charge < -0.3 is 5.32 Å². The number of carbonyl (C=O) groups excluding carboxylic acids is 1. The summed E-state index contributed by atoms with van der Waals surface area (Å²) < 4.78 is 1.33. The molecule has 0 bridgehead atoms. The van der Waals surface area contributed by atoms with Crippen LogP contribution in [0.4, 0.5) is 5.69 Å². The highest BCUT2D eigenvalue weighted by Gasteiger charge is 2.07. The fraction of sp³-hybridized carbons (Fsp3) is 0.231. The van der Waals surface area contributed by atoms with Gasteiger partial charge in [0.2, 0.25) is 5.91 Å². The fourth-order valence-corrected chi connectivity index (χ4v) is 1.71. The number of carbonyl (C=O) groups is 1. The average molecular weight is 255 g/mol. The van der Waals surface area contributed by atoms with E-state index in [2.05, 4.69) is 15.4 Å². The minimum atomic E-state index is -0.207. The number of rotatable bonds is 3. The van der Waals surface area contributed by atoms with Gasteiger partial charge in [0.25, 0.3) is 5.82 Å². The van der Waals surface area contributed by atoms with Crippen LogP contribution >= 0.6 is 0 Å². The van der Waals surface area contributed by atoms with Crippen molar-refractivity contribution in [1.82, 2.24) is 14.8 Å². The van der Waals surface area contributed by atoms with Gasteiger partial charge in [-0.1, -0.05) is 17.7 Å². The van der Waals surface area contributed by atoms with Crippen LogP contribution in [-0.4, -0.2) is 20.7 Å². The largest absolute Gasteiger partial charge is 0.324 e. The monoisotopic (exact) mass is 255 g/mol. The summed E-state index contributed by atoms with van der Waals surface area (Å²) in [5.74, 6) is -0.152. The van der Waals surface area contributed by atoms with Crippen molar-refractivity contribution in [2.24, 2.45) is 0 Å². The Morgan fingerprint density at radius 1 is 1.47 bits per heavy atom. The van der Waals surface area contributed by atoms with Crippen LogP contribution in [-0.2, 0) is 11.3 Å². The number of hydrogen-bond acceptors (Lipinski definition) is 4. The molecular formula is C13H13N5O. The summed E-state index contributed by atoms with van der Waals surface area (Å²) in [4.78, 5) is 15.6. The highest BCUT2D eigenvalue weighted by Crippen LogP contribution is 2.15. The first-order valence-electron chi connectivity index (χ1n) is 5.75. The molecule has 0 radical (unpaired) electrons. The van der Waals surface area contributed by atoms with Crippen molar-refractivity contribution in [3.05, 3.63) is 41.5 Å². The standard InChI is InChI=1S/C13H13N5O/c1-9-3-4-11(10(2)5-9)16-13(19)7-18-8-15-12(6-14)17-18/h3-5,8H,7H2,1-2H3,(H,16,19). The fourth-order valence-electron chi connectivity index (χ4n) is 1.71. The first-order chi connectivity index (χ1) is 9.08. The first-order valence-corrected chi connectivity index (χ1v) is 5.75. The molecule has 0 unspecified atom stereocenters. The molecule has 1 aromatic carbocycles. The summed E-state index contributed by atoms with van der Waals surface area (Å²) in [7, 11) is 0. The van der Waals surface area contributed by atoms with Crippen molar-refractivity contribution in [3.8, 4) is 6.07 Å². The molecule has 0 aliphatic heterocycles. The Labute approximate surface area is 110 Å². The van der Waals surface area contributed by atoms with Gasteiger partial charge in [-0.3, -0.25) is 4.79 Å². The Balaban J connectivity index is 2.03. The van der Waals surface area contributed by atoms with Gasteiger partial charge in [-0.15, -0.1) is 5.10 Å². The average Bonchev–Trinajstić information content (AvgIpc) is 2.80. The van der Waals surface area contributed by atoms with Crippen molar-refractivity contribution < 1.29 is 4.79 Å². The molecule has 1 aromatic heterocycles. The first kappa shape index (κ1) is 12.8. The van der Waals surface area contributed by atoms with Crippen LogP contribution in [0.5, 0.6) is 0 Å². The third-order valence-electron chi connectivity index (χ3n) is 2.60. The minimum Gasteiger partial charge on any atom is -0.324 e. The number of nitriles is 1. The molecule has 19 heavy (non-hydrogen) atoms. The van der Waals surface area contributed by atoms with E-state index in [1.165, 1.54) is 11.0 Å². The number of aryl methyl sites for hydroxylation is 2. The predicted octanol–water partition coefficient (Wildman–Crippen LogP) is 1.41. The Morgan fingerprint density at radius 2 is 2.26 bits per heavy atom. The molecule has 0 aliphatic carbocycles. The molecule has 2 rings (SSSR count). The van der Waals surface area contributed by atoms with Crippen LogP contribution in [0.15, 0.2) is 24.5 Å². The molecule has 1 amide bonds. The number of anilines is 1.